The van der Waals surface area contributed by atoms with Crippen LogP contribution in [0.25, 0.3) is 6.08 Å². The minimum absolute atomic E-state index is 0.0195. The first-order valence-electron chi connectivity index (χ1n) is 6.82. The topological polar surface area (TPSA) is 46.2 Å². The molecule has 0 atom stereocenters. The lowest BCUT2D eigenvalue weighted by Crippen LogP contribution is -2.31. The van der Waals surface area contributed by atoms with Crippen LogP contribution in [0.5, 0.6) is 0 Å². The maximum atomic E-state index is 12.0. The number of amides is 1. The molecule has 3 nitrogen and oxygen atoms in total. The van der Waals surface area contributed by atoms with Crippen molar-refractivity contribution in [2.24, 2.45) is 5.92 Å². The van der Waals surface area contributed by atoms with Gasteiger partial charge in [0.2, 0.25) is 5.91 Å². The van der Waals surface area contributed by atoms with Crippen LogP contribution in [0.15, 0.2) is 36.0 Å². The van der Waals surface area contributed by atoms with Crippen molar-refractivity contribution in [1.29, 1.82) is 0 Å². The minimum Gasteiger partial charge on any atom is -0.323 e. The highest BCUT2D eigenvalue weighted by Crippen LogP contribution is 2.23. The third-order valence-corrected chi connectivity index (χ3v) is 3.49. The second kappa shape index (κ2) is 6.88. The number of aldehydes is 1. The van der Waals surface area contributed by atoms with Gasteiger partial charge in [-0.1, -0.05) is 49.6 Å². The summed E-state index contributed by atoms with van der Waals surface area (Å²) < 4.78 is 0. The summed E-state index contributed by atoms with van der Waals surface area (Å²) in [5, 5.41) is 2.74. The second-order valence-corrected chi connectivity index (χ2v) is 4.95. The molecule has 1 saturated carbocycles. The van der Waals surface area contributed by atoms with E-state index < -0.39 is 0 Å². The molecule has 2 rings (SSSR count). The van der Waals surface area contributed by atoms with E-state index in [0.29, 0.717) is 12.0 Å². The molecule has 1 N–H and O–H groups in total. The van der Waals surface area contributed by atoms with Crippen LogP contribution in [0.3, 0.4) is 0 Å². The van der Waals surface area contributed by atoms with Gasteiger partial charge in [0, 0.05) is 5.92 Å². The number of rotatable bonds is 4. The first-order valence-corrected chi connectivity index (χ1v) is 6.82. The Kier molecular flexibility index (Phi) is 4.90. The fraction of sp³-hybridized carbons (Fsp3) is 0.375. The van der Waals surface area contributed by atoms with E-state index in [-0.39, 0.29) is 11.8 Å². The molecule has 1 aromatic rings. The van der Waals surface area contributed by atoms with Crippen LogP contribution in [0, 0.1) is 5.92 Å². The highest BCUT2D eigenvalue weighted by Gasteiger charge is 2.21. The highest BCUT2D eigenvalue weighted by molar-refractivity contribution is 5.90. The zero-order valence-corrected chi connectivity index (χ0v) is 11.0. The molecule has 1 aromatic carbocycles. The predicted molar refractivity (Wildman–Crippen MR) is 75.2 cm³/mol. The molecule has 1 aliphatic rings. The Labute approximate surface area is 113 Å². The molecule has 3 heteroatoms. The molecule has 0 saturated heterocycles. The van der Waals surface area contributed by atoms with E-state index in [9.17, 15) is 9.59 Å². The molecular formula is C16H19NO2. The van der Waals surface area contributed by atoms with E-state index in [4.69, 9.17) is 0 Å². The van der Waals surface area contributed by atoms with Gasteiger partial charge in [0.1, 0.15) is 0 Å². The summed E-state index contributed by atoms with van der Waals surface area (Å²) in [7, 11) is 0. The number of allylic oxidation sites excluding steroid dienone is 1. The Bertz CT molecular complexity index is 459. The largest absolute Gasteiger partial charge is 0.323 e. The second-order valence-electron chi connectivity index (χ2n) is 4.95. The van der Waals surface area contributed by atoms with Crippen LogP contribution in [0.4, 0.5) is 0 Å². The maximum absolute atomic E-state index is 12.0. The smallest absolute Gasteiger partial charge is 0.227 e. The summed E-state index contributed by atoms with van der Waals surface area (Å²) in [5.41, 5.74) is 1.25. The molecule has 0 bridgehead atoms. The molecule has 1 aliphatic carbocycles. The number of carbonyl (C=O) groups excluding carboxylic acids is 2. The van der Waals surface area contributed by atoms with Crippen LogP contribution in [0.1, 0.15) is 37.7 Å². The van der Waals surface area contributed by atoms with E-state index in [0.717, 1.165) is 31.2 Å². The van der Waals surface area contributed by atoms with Crippen LogP contribution in [-0.4, -0.2) is 12.2 Å². The quantitative estimate of drug-likeness (QED) is 0.666. The molecule has 0 aliphatic heterocycles. The Balaban J connectivity index is 2.00. The van der Waals surface area contributed by atoms with Gasteiger partial charge in [-0.3, -0.25) is 9.59 Å². The number of hydrogen-bond donors (Lipinski definition) is 1. The first kappa shape index (κ1) is 13.5. The van der Waals surface area contributed by atoms with E-state index in [1.54, 1.807) is 6.08 Å². The standard InChI is InChI=1S/C16H19NO2/c18-12-15(11-13-7-3-1-4-8-13)17-16(19)14-9-5-2-6-10-14/h1,3-4,7-8,11-12,14H,2,5-6,9-10H2,(H,17,19)/b15-11+. The van der Waals surface area contributed by atoms with E-state index in [1.165, 1.54) is 6.42 Å². The molecule has 0 aromatic heterocycles. The Morgan fingerprint density at radius 1 is 1.11 bits per heavy atom. The number of hydrogen-bond acceptors (Lipinski definition) is 2. The average molecular weight is 257 g/mol. The Morgan fingerprint density at radius 2 is 1.79 bits per heavy atom. The zero-order chi connectivity index (χ0) is 13.5. The van der Waals surface area contributed by atoms with Gasteiger partial charge in [0.25, 0.3) is 0 Å². The van der Waals surface area contributed by atoms with Crippen molar-refractivity contribution in [2.75, 3.05) is 0 Å². The average Bonchev–Trinajstić information content (AvgIpc) is 2.48. The van der Waals surface area contributed by atoms with Crippen LogP contribution >= 0.6 is 0 Å². The van der Waals surface area contributed by atoms with Gasteiger partial charge in [-0.05, 0) is 24.5 Å². The van der Waals surface area contributed by atoms with E-state index in [1.807, 2.05) is 30.3 Å². The van der Waals surface area contributed by atoms with Crippen LogP contribution < -0.4 is 5.32 Å². The van der Waals surface area contributed by atoms with Gasteiger partial charge in [-0.15, -0.1) is 0 Å². The number of nitrogens with one attached hydrogen (secondary N) is 1. The molecule has 19 heavy (non-hydrogen) atoms. The van der Waals surface area contributed by atoms with Crippen molar-refractivity contribution in [3.63, 3.8) is 0 Å². The summed E-state index contributed by atoms with van der Waals surface area (Å²) in [4.78, 5) is 23.1. The van der Waals surface area contributed by atoms with Gasteiger partial charge >= 0.3 is 0 Å². The molecule has 0 heterocycles. The van der Waals surface area contributed by atoms with Crippen LogP contribution in [-0.2, 0) is 9.59 Å². The summed E-state index contributed by atoms with van der Waals surface area (Å²) >= 11 is 0. The molecule has 1 fully saturated rings. The van der Waals surface area contributed by atoms with Crippen molar-refractivity contribution in [3.8, 4) is 0 Å². The first-order chi connectivity index (χ1) is 9.29. The molecule has 0 spiro atoms. The normalized spacial score (nSPS) is 16.9. The highest BCUT2D eigenvalue weighted by atomic mass is 16.2. The summed E-state index contributed by atoms with van der Waals surface area (Å²) in [5.74, 6) is 0.0434. The van der Waals surface area contributed by atoms with Gasteiger partial charge in [0.05, 0.1) is 5.70 Å². The van der Waals surface area contributed by atoms with Crippen molar-refractivity contribution >= 4 is 18.3 Å². The molecule has 0 unspecified atom stereocenters. The van der Waals surface area contributed by atoms with Gasteiger partial charge in [0.15, 0.2) is 6.29 Å². The lowest BCUT2D eigenvalue weighted by atomic mass is 9.88. The summed E-state index contributed by atoms with van der Waals surface area (Å²) in [6.45, 7) is 0. The van der Waals surface area contributed by atoms with Crippen molar-refractivity contribution in [1.82, 2.24) is 5.32 Å². The van der Waals surface area contributed by atoms with E-state index in [2.05, 4.69) is 5.32 Å². The van der Waals surface area contributed by atoms with E-state index >= 15 is 0 Å². The summed E-state index contributed by atoms with van der Waals surface area (Å²) in [6, 6.07) is 9.51. The maximum Gasteiger partial charge on any atom is 0.227 e. The van der Waals surface area contributed by atoms with Crippen molar-refractivity contribution in [2.45, 2.75) is 32.1 Å². The molecule has 100 valence electrons. The van der Waals surface area contributed by atoms with Crippen LogP contribution in [0.2, 0.25) is 0 Å². The fourth-order valence-corrected chi connectivity index (χ4v) is 2.44. The van der Waals surface area contributed by atoms with Crippen molar-refractivity contribution < 1.29 is 9.59 Å². The number of benzene rings is 1. The Morgan fingerprint density at radius 3 is 2.42 bits per heavy atom. The monoisotopic (exact) mass is 257 g/mol. The lowest BCUT2D eigenvalue weighted by Gasteiger charge is -2.20. The third-order valence-electron chi connectivity index (χ3n) is 3.49. The number of carbonyl (C=O) groups is 2. The third kappa shape index (κ3) is 4.05. The molecule has 1 amide bonds. The van der Waals surface area contributed by atoms with Gasteiger partial charge in [-0.2, -0.15) is 0 Å². The zero-order valence-electron chi connectivity index (χ0n) is 11.0. The minimum atomic E-state index is -0.0195. The van der Waals surface area contributed by atoms with Crippen molar-refractivity contribution in [3.05, 3.63) is 41.6 Å². The summed E-state index contributed by atoms with van der Waals surface area (Å²) in [6.07, 6.45) is 7.70. The predicted octanol–water partition coefficient (Wildman–Crippen LogP) is 2.92. The molecular weight excluding hydrogens is 238 g/mol. The molecule has 0 radical (unpaired) electrons. The SMILES string of the molecule is O=C/C(=C\c1ccccc1)NC(=O)C1CCCCC1. The van der Waals surface area contributed by atoms with Gasteiger partial charge < -0.3 is 5.32 Å². The van der Waals surface area contributed by atoms with Gasteiger partial charge in [-0.25, -0.2) is 0 Å². The Hall–Kier alpha value is -1.90. The lowest BCUT2D eigenvalue weighted by molar-refractivity contribution is -0.125. The fourth-order valence-electron chi connectivity index (χ4n) is 2.44.